The summed E-state index contributed by atoms with van der Waals surface area (Å²) in [6.07, 6.45) is 1.10. The van der Waals surface area contributed by atoms with Crippen LogP contribution >= 0.6 is 0 Å². The molecule has 0 unspecified atom stereocenters. The van der Waals surface area contributed by atoms with Crippen LogP contribution in [0.5, 0.6) is 11.5 Å². The number of aromatic hydroxyl groups is 1. The second-order valence-corrected chi connectivity index (χ2v) is 3.05. The molecule has 0 bridgehead atoms. The van der Waals surface area contributed by atoms with E-state index in [1.807, 2.05) is 0 Å². The van der Waals surface area contributed by atoms with Crippen molar-refractivity contribution in [3.63, 3.8) is 0 Å². The summed E-state index contributed by atoms with van der Waals surface area (Å²) in [5.74, 6) is -0.644. The number of phenols is 1. The van der Waals surface area contributed by atoms with Gasteiger partial charge in [-0.05, 0) is 30.2 Å². The third-order valence-corrected chi connectivity index (χ3v) is 1.98. The number of methoxy groups -OCH3 is 1. The summed E-state index contributed by atoms with van der Waals surface area (Å²) in [6.45, 7) is 1.68. The van der Waals surface area contributed by atoms with Gasteiger partial charge >= 0.3 is 5.97 Å². The molecule has 0 saturated heterocycles. The van der Waals surface area contributed by atoms with Gasteiger partial charge in [0, 0.05) is 6.08 Å². The summed E-state index contributed by atoms with van der Waals surface area (Å²) < 4.78 is 4.92. The molecule has 4 heteroatoms. The lowest BCUT2D eigenvalue weighted by Crippen LogP contribution is -1.91. The van der Waals surface area contributed by atoms with Gasteiger partial charge < -0.3 is 14.9 Å². The van der Waals surface area contributed by atoms with Crippen LogP contribution in [0.15, 0.2) is 24.3 Å². The lowest BCUT2D eigenvalue weighted by Gasteiger charge is -2.06. The summed E-state index contributed by atoms with van der Waals surface area (Å²) in [5.41, 5.74) is 1.30. The standard InChI is InChI=1S/C11H12O4/c1-7(5-11(13)14)8-3-4-9(12)10(6-8)15-2/h3-6,12H,1-2H3,(H,13,14). The lowest BCUT2D eigenvalue weighted by atomic mass is 10.1. The van der Waals surface area contributed by atoms with Gasteiger partial charge in [0.25, 0.3) is 0 Å². The number of phenolic OH excluding ortho intramolecular Hbond substituents is 1. The molecule has 0 fully saturated rings. The van der Waals surface area contributed by atoms with Gasteiger partial charge in [-0.25, -0.2) is 4.79 Å². The van der Waals surface area contributed by atoms with Crippen LogP contribution in [0.25, 0.3) is 5.57 Å². The predicted octanol–water partition coefficient (Wildman–Crippen LogP) is 1.89. The van der Waals surface area contributed by atoms with E-state index >= 15 is 0 Å². The monoisotopic (exact) mass is 208 g/mol. The minimum atomic E-state index is -1.00. The maximum Gasteiger partial charge on any atom is 0.328 e. The third-order valence-electron chi connectivity index (χ3n) is 1.98. The summed E-state index contributed by atoms with van der Waals surface area (Å²) in [7, 11) is 1.44. The van der Waals surface area contributed by atoms with Crippen LogP contribution in [0, 0.1) is 0 Å². The van der Waals surface area contributed by atoms with Crippen molar-refractivity contribution in [3.8, 4) is 11.5 Å². The van der Waals surface area contributed by atoms with E-state index in [1.54, 1.807) is 19.1 Å². The topological polar surface area (TPSA) is 66.8 Å². The molecule has 0 atom stereocenters. The largest absolute Gasteiger partial charge is 0.504 e. The van der Waals surface area contributed by atoms with Crippen molar-refractivity contribution in [2.24, 2.45) is 0 Å². The van der Waals surface area contributed by atoms with Crippen molar-refractivity contribution < 1.29 is 19.7 Å². The molecule has 0 saturated carbocycles. The minimum absolute atomic E-state index is 0.0318. The Hall–Kier alpha value is -1.97. The predicted molar refractivity (Wildman–Crippen MR) is 55.9 cm³/mol. The smallest absolute Gasteiger partial charge is 0.328 e. The van der Waals surface area contributed by atoms with Gasteiger partial charge in [0.05, 0.1) is 7.11 Å². The normalized spacial score (nSPS) is 11.2. The number of carboxylic acid groups (broad SMARTS) is 1. The van der Waals surface area contributed by atoms with Gasteiger partial charge in [-0.15, -0.1) is 0 Å². The average molecular weight is 208 g/mol. The molecule has 0 radical (unpaired) electrons. The number of rotatable bonds is 3. The van der Waals surface area contributed by atoms with E-state index in [0.29, 0.717) is 16.9 Å². The Morgan fingerprint density at radius 1 is 1.47 bits per heavy atom. The minimum Gasteiger partial charge on any atom is -0.504 e. The number of ether oxygens (including phenoxy) is 1. The average Bonchev–Trinajstić information content (AvgIpc) is 2.17. The highest BCUT2D eigenvalue weighted by molar-refractivity contribution is 5.89. The molecule has 1 rings (SSSR count). The fourth-order valence-electron chi connectivity index (χ4n) is 1.19. The SMILES string of the molecule is COc1cc(C(C)=CC(=O)O)ccc1O. The fraction of sp³-hybridized carbons (Fsp3) is 0.182. The van der Waals surface area contributed by atoms with Crippen molar-refractivity contribution in [1.29, 1.82) is 0 Å². The van der Waals surface area contributed by atoms with E-state index in [2.05, 4.69) is 0 Å². The van der Waals surface area contributed by atoms with Crippen LogP contribution in [-0.2, 0) is 4.79 Å². The van der Waals surface area contributed by atoms with Crippen LogP contribution in [0.3, 0.4) is 0 Å². The Balaban J connectivity index is 3.11. The van der Waals surface area contributed by atoms with Gasteiger partial charge in [0.15, 0.2) is 11.5 Å². The molecule has 4 nitrogen and oxygen atoms in total. The van der Waals surface area contributed by atoms with E-state index in [0.717, 1.165) is 6.08 Å². The first-order valence-corrected chi connectivity index (χ1v) is 4.33. The van der Waals surface area contributed by atoms with Gasteiger partial charge in [0.2, 0.25) is 0 Å². The maximum atomic E-state index is 10.4. The Labute approximate surface area is 87.4 Å². The van der Waals surface area contributed by atoms with Crippen molar-refractivity contribution in [2.45, 2.75) is 6.92 Å². The highest BCUT2D eigenvalue weighted by atomic mass is 16.5. The summed E-state index contributed by atoms with van der Waals surface area (Å²) in [5, 5.41) is 17.9. The molecule has 0 aliphatic rings. The maximum absolute atomic E-state index is 10.4. The Kier molecular flexibility index (Phi) is 3.33. The first kappa shape index (κ1) is 11.1. The molecular formula is C11H12O4. The zero-order chi connectivity index (χ0) is 11.4. The molecular weight excluding hydrogens is 196 g/mol. The van der Waals surface area contributed by atoms with Crippen LogP contribution in [-0.4, -0.2) is 23.3 Å². The first-order valence-electron chi connectivity index (χ1n) is 4.33. The number of carboxylic acids is 1. The molecule has 1 aromatic rings. The molecule has 0 aliphatic heterocycles. The summed E-state index contributed by atoms with van der Waals surface area (Å²) in [6, 6.07) is 4.68. The van der Waals surface area contributed by atoms with Crippen LogP contribution < -0.4 is 4.74 Å². The van der Waals surface area contributed by atoms with Gasteiger partial charge in [-0.2, -0.15) is 0 Å². The van der Waals surface area contributed by atoms with E-state index < -0.39 is 5.97 Å². The van der Waals surface area contributed by atoms with E-state index in [-0.39, 0.29) is 5.75 Å². The van der Waals surface area contributed by atoms with Crippen molar-refractivity contribution >= 4 is 11.5 Å². The number of allylic oxidation sites excluding steroid dienone is 1. The van der Waals surface area contributed by atoms with Crippen LogP contribution in [0.1, 0.15) is 12.5 Å². The second-order valence-electron chi connectivity index (χ2n) is 3.05. The molecule has 0 aromatic heterocycles. The number of hydrogen-bond donors (Lipinski definition) is 2. The third kappa shape index (κ3) is 2.74. The van der Waals surface area contributed by atoms with Gasteiger partial charge in [-0.1, -0.05) is 6.07 Å². The van der Waals surface area contributed by atoms with Crippen molar-refractivity contribution in [2.75, 3.05) is 7.11 Å². The second kappa shape index (κ2) is 4.50. The zero-order valence-corrected chi connectivity index (χ0v) is 8.52. The van der Waals surface area contributed by atoms with Gasteiger partial charge in [-0.3, -0.25) is 0 Å². The van der Waals surface area contributed by atoms with Gasteiger partial charge in [0.1, 0.15) is 0 Å². The summed E-state index contributed by atoms with van der Waals surface area (Å²) in [4.78, 5) is 10.4. The zero-order valence-electron chi connectivity index (χ0n) is 8.52. The molecule has 0 heterocycles. The highest BCUT2D eigenvalue weighted by Gasteiger charge is 2.04. The van der Waals surface area contributed by atoms with Crippen molar-refractivity contribution in [1.82, 2.24) is 0 Å². The van der Waals surface area contributed by atoms with Crippen LogP contribution in [0.2, 0.25) is 0 Å². The van der Waals surface area contributed by atoms with Crippen molar-refractivity contribution in [3.05, 3.63) is 29.8 Å². The van der Waals surface area contributed by atoms with E-state index in [4.69, 9.17) is 9.84 Å². The molecule has 15 heavy (non-hydrogen) atoms. The molecule has 80 valence electrons. The Bertz CT molecular complexity index is 407. The Morgan fingerprint density at radius 3 is 2.67 bits per heavy atom. The molecule has 2 N–H and O–H groups in total. The lowest BCUT2D eigenvalue weighted by molar-refractivity contribution is -0.131. The molecule has 0 amide bonds. The fourth-order valence-corrected chi connectivity index (χ4v) is 1.19. The van der Waals surface area contributed by atoms with E-state index in [9.17, 15) is 9.90 Å². The first-order chi connectivity index (χ1) is 7.04. The molecule has 0 spiro atoms. The van der Waals surface area contributed by atoms with Crippen LogP contribution in [0.4, 0.5) is 0 Å². The number of benzene rings is 1. The summed E-state index contributed by atoms with van der Waals surface area (Å²) >= 11 is 0. The number of aliphatic carboxylic acids is 1. The number of hydrogen-bond acceptors (Lipinski definition) is 3. The Morgan fingerprint density at radius 2 is 2.13 bits per heavy atom. The molecule has 0 aliphatic carbocycles. The highest BCUT2D eigenvalue weighted by Crippen LogP contribution is 2.28. The van der Waals surface area contributed by atoms with E-state index in [1.165, 1.54) is 13.2 Å². The molecule has 1 aromatic carbocycles. The number of carbonyl (C=O) groups is 1. The quantitative estimate of drug-likeness (QED) is 0.744.